The Bertz CT molecular complexity index is 1040. The number of rotatable bonds is 52. The molecular formula is C58H109NO5. The molecule has 0 aliphatic carbocycles. The number of ether oxygens (including phenoxy) is 1. The number of carbonyl (C=O) groups is 2. The summed E-state index contributed by atoms with van der Waals surface area (Å²) in [5.74, 6) is -0.0777. The lowest BCUT2D eigenvalue weighted by Crippen LogP contribution is -2.45. The van der Waals surface area contributed by atoms with Gasteiger partial charge in [-0.3, -0.25) is 9.59 Å². The summed E-state index contributed by atoms with van der Waals surface area (Å²) in [5, 5.41) is 23.1. The first-order chi connectivity index (χ1) is 31.5. The van der Waals surface area contributed by atoms with Gasteiger partial charge in [0.2, 0.25) is 5.91 Å². The van der Waals surface area contributed by atoms with Gasteiger partial charge in [0.25, 0.3) is 0 Å². The van der Waals surface area contributed by atoms with Crippen LogP contribution in [0.1, 0.15) is 296 Å². The van der Waals surface area contributed by atoms with E-state index in [-0.39, 0.29) is 18.5 Å². The van der Waals surface area contributed by atoms with E-state index in [1.54, 1.807) is 6.08 Å². The van der Waals surface area contributed by atoms with E-state index in [2.05, 4.69) is 43.5 Å². The molecule has 0 fully saturated rings. The molecule has 2 atom stereocenters. The maximum absolute atomic E-state index is 12.4. The van der Waals surface area contributed by atoms with Gasteiger partial charge in [-0.2, -0.15) is 0 Å². The van der Waals surface area contributed by atoms with Crippen molar-refractivity contribution in [1.29, 1.82) is 0 Å². The van der Waals surface area contributed by atoms with Crippen LogP contribution in [0.15, 0.2) is 36.5 Å². The Balaban J connectivity index is 3.43. The molecule has 64 heavy (non-hydrogen) atoms. The van der Waals surface area contributed by atoms with Crippen LogP contribution in [0.5, 0.6) is 0 Å². The summed E-state index contributed by atoms with van der Waals surface area (Å²) in [5.41, 5.74) is 0. The quantitative estimate of drug-likeness (QED) is 0.0321. The Morgan fingerprint density at radius 2 is 0.797 bits per heavy atom. The van der Waals surface area contributed by atoms with Crippen LogP contribution in [0.2, 0.25) is 0 Å². The summed E-state index contributed by atoms with van der Waals surface area (Å²) in [6.07, 6.45) is 65.8. The SMILES string of the molecule is CCCC/C=C\C/C=C\CCCCCCCC(=O)OCCCCCCCCCCCCCCCCCCCCCC(=O)NC(CO)C(O)/C=C/CCCCCCCCCCCCCC. The highest BCUT2D eigenvalue weighted by atomic mass is 16.5. The number of allylic oxidation sites excluding steroid dienone is 5. The maximum atomic E-state index is 12.4. The van der Waals surface area contributed by atoms with E-state index in [9.17, 15) is 19.8 Å². The van der Waals surface area contributed by atoms with Crippen molar-refractivity contribution in [2.75, 3.05) is 13.2 Å². The fourth-order valence-electron chi connectivity index (χ4n) is 8.53. The molecule has 3 N–H and O–H groups in total. The Kier molecular flexibility index (Phi) is 52.1. The fourth-order valence-corrected chi connectivity index (χ4v) is 8.53. The van der Waals surface area contributed by atoms with Gasteiger partial charge in [-0.25, -0.2) is 0 Å². The molecule has 376 valence electrons. The normalized spacial score (nSPS) is 12.9. The summed E-state index contributed by atoms with van der Waals surface area (Å²) >= 11 is 0. The highest BCUT2D eigenvalue weighted by molar-refractivity contribution is 5.76. The Hall–Kier alpha value is -1.92. The van der Waals surface area contributed by atoms with Gasteiger partial charge in [0.15, 0.2) is 0 Å². The summed E-state index contributed by atoms with van der Waals surface area (Å²) in [7, 11) is 0. The highest BCUT2D eigenvalue weighted by Gasteiger charge is 2.18. The minimum absolute atomic E-state index is 0.00665. The van der Waals surface area contributed by atoms with E-state index in [4.69, 9.17) is 4.74 Å². The summed E-state index contributed by atoms with van der Waals surface area (Å²) in [6.45, 7) is 4.85. The van der Waals surface area contributed by atoms with Gasteiger partial charge >= 0.3 is 5.97 Å². The third kappa shape index (κ3) is 49.5. The summed E-state index contributed by atoms with van der Waals surface area (Å²) in [6, 6.07) is -0.630. The van der Waals surface area contributed by atoms with Gasteiger partial charge in [0, 0.05) is 12.8 Å². The molecule has 0 saturated carbocycles. The van der Waals surface area contributed by atoms with Gasteiger partial charge < -0.3 is 20.3 Å². The van der Waals surface area contributed by atoms with Crippen LogP contribution in [0.4, 0.5) is 0 Å². The minimum Gasteiger partial charge on any atom is -0.466 e. The molecule has 0 radical (unpaired) electrons. The molecule has 0 aromatic rings. The summed E-state index contributed by atoms with van der Waals surface area (Å²) in [4.78, 5) is 24.5. The third-order valence-corrected chi connectivity index (χ3v) is 12.9. The average Bonchev–Trinajstić information content (AvgIpc) is 3.29. The second-order valence-electron chi connectivity index (χ2n) is 19.3. The Labute approximate surface area is 398 Å². The molecule has 0 spiro atoms. The number of nitrogens with one attached hydrogen (secondary N) is 1. The monoisotopic (exact) mass is 900 g/mol. The Morgan fingerprint density at radius 3 is 1.23 bits per heavy atom. The summed E-state index contributed by atoms with van der Waals surface area (Å²) < 4.78 is 5.46. The van der Waals surface area contributed by atoms with E-state index in [1.165, 1.54) is 218 Å². The topological polar surface area (TPSA) is 95.9 Å². The van der Waals surface area contributed by atoms with Gasteiger partial charge in [-0.1, -0.05) is 262 Å². The van der Waals surface area contributed by atoms with Crippen molar-refractivity contribution < 1.29 is 24.5 Å². The molecule has 6 heteroatoms. The number of carbonyl (C=O) groups excluding carboxylic acids is 2. The van der Waals surface area contributed by atoms with E-state index >= 15 is 0 Å². The number of esters is 1. The van der Waals surface area contributed by atoms with Crippen molar-refractivity contribution in [1.82, 2.24) is 5.32 Å². The Morgan fingerprint density at radius 1 is 0.438 bits per heavy atom. The first-order valence-corrected chi connectivity index (χ1v) is 28.3. The second kappa shape index (κ2) is 53.7. The zero-order valence-electron chi connectivity index (χ0n) is 42.8. The van der Waals surface area contributed by atoms with E-state index in [0.29, 0.717) is 19.4 Å². The van der Waals surface area contributed by atoms with Crippen LogP contribution in [-0.2, 0) is 14.3 Å². The number of hydrogen-bond donors (Lipinski definition) is 3. The molecule has 6 nitrogen and oxygen atoms in total. The predicted octanol–water partition coefficient (Wildman–Crippen LogP) is 17.2. The first-order valence-electron chi connectivity index (χ1n) is 28.3. The van der Waals surface area contributed by atoms with Crippen LogP contribution in [0, 0.1) is 0 Å². The number of hydrogen-bond acceptors (Lipinski definition) is 5. The molecule has 0 heterocycles. The molecule has 2 unspecified atom stereocenters. The van der Waals surface area contributed by atoms with E-state index in [0.717, 1.165) is 51.4 Å². The number of amides is 1. The lowest BCUT2D eigenvalue weighted by molar-refractivity contribution is -0.143. The smallest absolute Gasteiger partial charge is 0.305 e. The van der Waals surface area contributed by atoms with Crippen molar-refractivity contribution in [3.8, 4) is 0 Å². The highest BCUT2D eigenvalue weighted by Crippen LogP contribution is 2.17. The molecule has 0 aromatic carbocycles. The molecule has 1 amide bonds. The van der Waals surface area contributed by atoms with Crippen LogP contribution in [0.3, 0.4) is 0 Å². The van der Waals surface area contributed by atoms with Gasteiger partial charge in [0.05, 0.1) is 25.4 Å². The zero-order valence-corrected chi connectivity index (χ0v) is 42.8. The molecule has 0 aliphatic rings. The standard InChI is InChI=1S/C58H109NO5/c1-3-5-7-9-11-13-15-17-26-30-34-38-42-46-50-56(61)55(54-60)59-57(62)51-47-43-39-35-31-27-24-22-20-19-21-23-25-29-33-37-41-45-49-53-64-58(63)52-48-44-40-36-32-28-18-16-14-12-10-8-6-4-2/h10,12,16,18,46,50,55-56,60-61H,3-9,11,13-15,17,19-45,47-49,51-54H2,1-2H3,(H,59,62)/b12-10-,18-16-,50-46+. The second-order valence-corrected chi connectivity index (χ2v) is 19.3. The molecule has 0 aliphatic heterocycles. The number of aliphatic hydroxyl groups is 2. The van der Waals surface area contributed by atoms with Crippen molar-refractivity contribution in [3.05, 3.63) is 36.5 Å². The van der Waals surface area contributed by atoms with Crippen molar-refractivity contribution in [2.24, 2.45) is 0 Å². The molecule has 0 aromatic heterocycles. The lowest BCUT2D eigenvalue weighted by atomic mass is 10.0. The van der Waals surface area contributed by atoms with E-state index < -0.39 is 12.1 Å². The van der Waals surface area contributed by atoms with Crippen molar-refractivity contribution in [3.63, 3.8) is 0 Å². The van der Waals surface area contributed by atoms with Gasteiger partial charge in [-0.05, 0) is 57.8 Å². The molecule has 0 bridgehead atoms. The fraction of sp³-hybridized carbons (Fsp3) is 0.862. The van der Waals surface area contributed by atoms with Crippen LogP contribution in [-0.4, -0.2) is 47.4 Å². The van der Waals surface area contributed by atoms with Crippen molar-refractivity contribution >= 4 is 11.9 Å². The molecule has 0 rings (SSSR count). The zero-order chi connectivity index (χ0) is 46.5. The predicted molar refractivity (Wildman–Crippen MR) is 278 cm³/mol. The maximum Gasteiger partial charge on any atom is 0.305 e. The minimum atomic E-state index is -0.846. The molecular weight excluding hydrogens is 791 g/mol. The van der Waals surface area contributed by atoms with Crippen LogP contribution in [0.25, 0.3) is 0 Å². The number of unbranched alkanes of at least 4 members (excludes halogenated alkanes) is 37. The first kappa shape index (κ1) is 62.1. The van der Waals surface area contributed by atoms with E-state index in [1.807, 2.05) is 6.08 Å². The molecule has 0 saturated heterocycles. The van der Waals surface area contributed by atoms with Crippen LogP contribution >= 0.6 is 0 Å². The van der Waals surface area contributed by atoms with Crippen LogP contribution < -0.4 is 5.32 Å². The number of aliphatic hydroxyl groups excluding tert-OH is 2. The van der Waals surface area contributed by atoms with Gasteiger partial charge in [-0.15, -0.1) is 0 Å². The largest absolute Gasteiger partial charge is 0.466 e. The average molecular weight is 901 g/mol. The third-order valence-electron chi connectivity index (χ3n) is 12.9. The van der Waals surface area contributed by atoms with Gasteiger partial charge in [0.1, 0.15) is 0 Å². The van der Waals surface area contributed by atoms with Crippen molar-refractivity contribution in [2.45, 2.75) is 309 Å². The lowest BCUT2D eigenvalue weighted by Gasteiger charge is -2.20.